The van der Waals surface area contributed by atoms with E-state index < -0.39 is 0 Å². The number of carbonyl (C=O) groups is 1. The van der Waals surface area contributed by atoms with Crippen LogP contribution >= 0.6 is 0 Å². The van der Waals surface area contributed by atoms with Crippen LogP contribution in [0.4, 0.5) is 5.82 Å². The minimum atomic E-state index is -0.352. The lowest BCUT2D eigenvalue weighted by Crippen LogP contribution is -2.14. The maximum absolute atomic E-state index is 12.5. The Kier molecular flexibility index (Phi) is 4.55. The number of nitrogens with one attached hydrogen (secondary N) is 1. The highest BCUT2D eigenvalue weighted by molar-refractivity contribution is 6.05. The molecule has 3 aromatic heterocycles. The standard InChI is InChI=1S/C17H19N7O3/c1-23-8-12(17(22-23)26-2)16(25)20-14-5-3-4-13(19-14)15-21-18-10-24(15)11-6-7-27-9-11/h3-5,8,10-11H,6-7,9H2,1-2H3,(H,19,20,25)/t11-/m1/s1. The maximum atomic E-state index is 12.5. The van der Waals surface area contributed by atoms with E-state index in [1.807, 2.05) is 16.7 Å². The Morgan fingerprint density at radius 3 is 3.07 bits per heavy atom. The maximum Gasteiger partial charge on any atom is 0.263 e. The third-order valence-corrected chi connectivity index (χ3v) is 4.32. The molecule has 3 aromatic rings. The van der Waals surface area contributed by atoms with Crippen LogP contribution in [0, 0.1) is 0 Å². The van der Waals surface area contributed by atoms with Gasteiger partial charge < -0.3 is 19.4 Å². The minimum Gasteiger partial charge on any atom is -0.479 e. The van der Waals surface area contributed by atoms with Crippen LogP contribution in [-0.4, -0.2) is 55.8 Å². The molecule has 0 radical (unpaired) electrons. The molecule has 1 N–H and O–H groups in total. The number of nitrogens with zero attached hydrogens (tertiary/aromatic N) is 6. The van der Waals surface area contributed by atoms with Gasteiger partial charge in [-0.3, -0.25) is 9.48 Å². The van der Waals surface area contributed by atoms with Crippen molar-refractivity contribution in [2.45, 2.75) is 12.5 Å². The fourth-order valence-corrected chi connectivity index (χ4v) is 3.02. The van der Waals surface area contributed by atoms with E-state index in [9.17, 15) is 4.79 Å². The average molecular weight is 369 g/mol. The van der Waals surface area contributed by atoms with Gasteiger partial charge in [0.1, 0.15) is 23.4 Å². The fourth-order valence-electron chi connectivity index (χ4n) is 3.02. The quantitative estimate of drug-likeness (QED) is 0.722. The predicted molar refractivity (Wildman–Crippen MR) is 95.4 cm³/mol. The second-order valence-electron chi connectivity index (χ2n) is 6.17. The number of carbonyl (C=O) groups excluding carboxylic acids is 1. The third-order valence-electron chi connectivity index (χ3n) is 4.32. The monoisotopic (exact) mass is 369 g/mol. The number of aromatic nitrogens is 6. The van der Waals surface area contributed by atoms with Crippen LogP contribution in [-0.2, 0) is 11.8 Å². The van der Waals surface area contributed by atoms with Crippen LogP contribution in [0.25, 0.3) is 11.5 Å². The second-order valence-corrected chi connectivity index (χ2v) is 6.17. The number of methoxy groups -OCH3 is 1. The SMILES string of the molecule is COc1nn(C)cc1C(=O)Nc1cccc(-c2nncn2[C@@H]2CCOC2)n1. The van der Waals surface area contributed by atoms with E-state index in [0.717, 1.165) is 13.0 Å². The summed E-state index contributed by atoms with van der Waals surface area (Å²) in [6.07, 6.45) is 4.18. The van der Waals surface area contributed by atoms with Crippen LogP contribution in [0.5, 0.6) is 5.88 Å². The first-order chi connectivity index (χ1) is 13.2. The van der Waals surface area contributed by atoms with Crippen molar-refractivity contribution in [3.63, 3.8) is 0 Å². The van der Waals surface area contributed by atoms with Crippen molar-refractivity contribution in [3.05, 3.63) is 36.3 Å². The molecule has 4 rings (SSSR count). The van der Waals surface area contributed by atoms with Gasteiger partial charge in [0.25, 0.3) is 5.91 Å². The molecule has 0 bridgehead atoms. The van der Waals surface area contributed by atoms with Gasteiger partial charge in [0.2, 0.25) is 5.88 Å². The Morgan fingerprint density at radius 2 is 2.30 bits per heavy atom. The molecule has 0 unspecified atom stereocenters. The van der Waals surface area contributed by atoms with E-state index in [4.69, 9.17) is 9.47 Å². The van der Waals surface area contributed by atoms with E-state index in [1.54, 1.807) is 25.6 Å². The summed E-state index contributed by atoms with van der Waals surface area (Å²) in [7, 11) is 3.19. The number of hydrogen-bond donors (Lipinski definition) is 1. The molecular weight excluding hydrogens is 350 g/mol. The average Bonchev–Trinajstić information content (AvgIpc) is 3.41. The number of anilines is 1. The summed E-state index contributed by atoms with van der Waals surface area (Å²) in [4.78, 5) is 17.1. The molecule has 1 amide bonds. The Labute approximate surface area is 155 Å². The Bertz CT molecular complexity index is 959. The molecule has 1 aliphatic rings. The summed E-state index contributed by atoms with van der Waals surface area (Å²) >= 11 is 0. The van der Waals surface area contributed by atoms with E-state index in [1.165, 1.54) is 11.8 Å². The van der Waals surface area contributed by atoms with Gasteiger partial charge in [-0.1, -0.05) is 6.07 Å². The zero-order chi connectivity index (χ0) is 18.8. The molecule has 10 nitrogen and oxygen atoms in total. The molecule has 27 heavy (non-hydrogen) atoms. The van der Waals surface area contributed by atoms with Crippen LogP contribution in [0.15, 0.2) is 30.7 Å². The van der Waals surface area contributed by atoms with Crippen LogP contribution in [0.1, 0.15) is 22.8 Å². The van der Waals surface area contributed by atoms with E-state index in [-0.39, 0.29) is 17.8 Å². The van der Waals surface area contributed by atoms with Gasteiger partial charge in [-0.05, 0) is 18.6 Å². The van der Waals surface area contributed by atoms with Crippen molar-refractivity contribution in [1.29, 1.82) is 0 Å². The van der Waals surface area contributed by atoms with E-state index in [0.29, 0.717) is 29.5 Å². The molecule has 0 aromatic carbocycles. The lowest BCUT2D eigenvalue weighted by Gasteiger charge is -2.12. The molecular formula is C17H19N7O3. The Morgan fingerprint density at radius 1 is 1.41 bits per heavy atom. The topological polar surface area (TPSA) is 109 Å². The number of hydrogen-bond acceptors (Lipinski definition) is 7. The van der Waals surface area contributed by atoms with Crippen molar-refractivity contribution in [1.82, 2.24) is 29.5 Å². The van der Waals surface area contributed by atoms with Gasteiger partial charge in [-0.2, -0.15) is 0 Å². The molecule has 0 aliphatic carbocycles. The largest absolute Gasteiger partial charge is 0.479 e. The first kappa shape index (κ1) is 17.2. The molecule has 0 saturated carbocycles. The van der Waals surface area contributed by atoms with Crippen LogP contribution < -0.4 is 10.1 Å². The van der Waals surface area contributed by atoms with Gasteiger partial charge >= 0.3 is 0 Å². The van der Waals surface area contributed by atoms with Gasteiger partial charge in [-0.15, -0.1) is 15.3 Å². The minimum absolute atomic E-state index is 0.190. The van der Waals surface area contributed by atoms with Gasteiger partial charge in [0.05, 0.1) is 19.8 Å². The fraction of sp³-hybridized carbons (Fsp3) is 0.353. The Hall–Kier alpha value is -3.27. The molecule has 4 heterocycles. The number of amides is 1. The van der Waals surface area contributed by atoms with Gasteiger partial charge in [-0.25, -0.2) is 4.98 Å². The molecule has 140 valence electrons. The van der Waals surface area contributed by atoms with Crippen molar-refractivity contribution in [2.24, 2.45) is 7.05 Å². The summed E-state index contributed by atoms with van der Waals surface area (Å²) in [5.41, 5.74) is 0.953. The second kappa shape index (κ2) is 7.16. The molecule has 1 fully saturated rings. The van der Waals surface area contributed by atoms with Crippen molar-refractivity contribution in [2.75, 3.05) is 25.6 Å². The summed E-state index contributed by atoms with van der Waals surface area (Å²) in [5.74, 6) is 0.948. The van der Waals surface area contributed by atoms with Crippen molar-refractivity contribution >= 4 is 11.7 Å². The first-order valence-electron chi connectivity index (χ1n) is 8.49. The number of ether oxygens (including phenoxy) is 2. The summed E-state index contributed by atoms with van der Waals surface area (Å²) in [6, 6.07) is 5.54. The molecule has 1 atom stereocenters. The van der Waals surface area contributed by atoms with E-state index >= 15 is 0 Å². The number of rotatable bonds is 5. The first-order valence-corrected chi connectivity index (χ1v) is 8.49. The highest BCUT2D eigenvalue weighted by Gasteiger charge is 2.22. The molecule has 0 spiro atoms. The Balaban J connectivity index is 1.58. The highest BCUT2D eigenvalue weighted by Crippen LogP contribution is 2.25. The van der Waals surface area contributed by atoms with E-state index in [2.05, 4.69) is 25.6 Å². The lowest BCUT2D eigenvalue weighted by atomic mass is 10.2. The zero-order valence-electron chi connectivity index (χ0n) is 15.0. The summed E-state index contributed by atoms with van der Waals surface area (Å²) in [5, 5.41) is 15.1. The van der Waals surface area contributed by atoms with Crippen LogP contribution in [0.2, 0.25) is 0 Å². The summed E-state index contributed by atoms with van der Waals surface area (Å²) < 4.78 is 14.1. The zero-order valence-corrected chi connectivity index (χ0v) is 15.0. The van der Waals surface area contributed by atoms with Gasteiger partial charge in [0.15, 0.2) is 5.82 Å². The molecule has 1 aliphatic heterocycles. The third kappa shape index (κ3) is 3.38. The van der Waals surface area contributed by atoms with Gasteiger partial charge in [0, 0.05) is 19.9 Å². The number of pyridine rings is 1. The smallest absolute Gasteiger partial charge is 0.263 e. The molecule has 1 saturated heterocycles. The summed E-state index contributed by atoms with van der Waals surface area (Å²) in [6.45, 7) is 1.35. The van der Waals surface area contributed by atoms with Crippen molar-refractivity contribution < 1.29 is 14.3 Å². The lowest BCUT2D eigenvalue weighted by molar-refractivity contribution is 0.102. The number of aryl methyl sites for hydroxylation is 1. The molecule has 10 heteroatoms. The highest BCUT2D eigenvalue weighted by atomic mass is 16.5. The van der Waals surface area contributed by atoms with Crippen LogP contribution in [0.3, 0.4) is 0 Å². The predicted octanol–water partition coefficient (Wildman–Crippen LogP) is 1.30. The normalized spacial score (nSPS) is 16.4. The van der Waals surface area contributed by atoms with Crippen molar-refractivity contribution in [3.8, 4) is 17.4 Å².